The summed E-state index contributed by atoms with van der Waals surface area (Å²) in [5, 5.41) is 20.5. The van der Waals surface area contributed by atoms with Crippen molar-refractivity contribution < 1.29 is 57.1 Å². The van der Waals surface area contributed by atoms with Crippen LogP contribution in [0, 0.1) is 14.3 Å². The van der Waals surface area contributed by atoms with Crippen LogP contribution in [0.2, 0.25) is 5.02 Å². The first kappa shape index (κ1) is 45.0. The first-order valence-electron chi connectivity index (χ1n) is 18.0. The maximum Gasteiger partial charge on any atom is 0.357 e. The van der Waals surface area contributed by atoms with E-state index < -0.39 is 7.32 Å². The van der Waals surface area contributed by atoms with E-state index in [2.05, 4.69) is 185 Å². The van der Waals surface area contributed by atoms with Gasteiger partial charge in [-0.15, -0.1) is 0 Å². The summed E-state index contributed by atoms with van der Waals surface area (Å²) >= 11 is 5.40. The van der Waals surface area contributed by atoms with Crippen LogP contribution < -0.4 is 57.1 Å². The zero-order chi connectivity index (χ0) is 39.6. The van der Waals surface area contributed by atoms with Crippen molar-refractivity contribution in [2.75, 3.05) is 0 Å². The normalized spacial score (nSPS) is 11.8. The molecule has 5 aromatic carbocycles. The highest BCUT2D eigenvalue weighted by molar-refractivity contribution is 6.31. The quantitative estimate of drug-likeness (QED) is 0.189. The van der Waals surface area contributed by atoms with Crippen LogP contribution in [-0.2, 0) is 21.7 Å². The third kappa shape index (κ3) is 16.1. The fourth-order valence-electron chi connectivity index (χ4n) is 4.93. The summed E-state index contributed by atoms with van der Waals surface area (Å²) in [6.07, 6.45) is 0. The standard InChI is InChI=1S/2C20H26I.C6H4BClO3/c2*1-19(2,3)15-7-11-17(12-8-15)21-18-13-9-16(10-14-18)20(4,5)6;8-5-1-3-6(4-2-5)11-7(9)10/h2*7-14H,1-6H3;1-4H/q2*+1;-2. The van der Waals surface area contributed by atoms with E-state index in [1.165, 1.54) is 48.7 Å². The van der Waals surface area contributed by atoms with E-state index in [0.717, 1.165) is 0 Å². The van der Waals surface area contributed by atoms with Gasteiger partial charge >= 0.3 is 42.4 Å². The Morgan fingerprint density at radius 2 is 0.623 bits per heavy atom. The number of benzene rings is 5. The largest absolute Gasteiger partial charge is 0.860 e. The molecule has 0 unspecified atom stereocenters. The molecule has 0 radical (unpaired) electrons. The monoisotopic (exact) mass is 956 g/mol. The fourth-order valence-corrected chi connectivity index (χ4v) is 9.37. The molecule has 282 valence electrons. The predicted molar refractivity (Wildman–Crippen MR) is 213 cm³/mol. The van der Waals surface area contributed by atoms with Crippen LogP contribution in [0.3, 0.4) is 0 Å². The van der Waals surface area contributed by atoms with Gasteiger partial charge in [-0.3, -0.25) is 0 Å². The Kier molecular flexibility index (Phi) is 16.5. The van der Waals surface area contributed by atoms with Crippen molar-refractivity contribution in [2.45, 2.75) is 105 Å². The smallest absolute Gasteiger partial charge is 0.357 e. The molecule has 0 aliphatic rings. The maximum absolute atomic E-state index is 9.97. The molecule has 0 amide bonds. The summed E-state index contributed by atoms with van der Waals surface area (Å²) in [7, 11) is -2.28. The number of halogens is 3. The molecule has 0 bridgehead atoms. The first-order valence-corrected chi connectivity index (χ1v) is 22.7. The Morgan fingerprint density at radius 1 is 0.396 bits per heavy atom. The zero-order valence-corrected chi connectivity index (χ0v) is 38.6. The topological polar surface area (TPSA) is 55.3 Å². The van der Waals surface area contributed by atoms with E-state index >= 15 is 0 Å². The van der Waals surface area contributed by atoms with Crippen molar-refractivity contribution in [3.63, 3.8) is 0 Å². The summed E-state index contributed by atoms with van der Waals surface area (Å²) in [6, 6.07) is 42.8. The Balaban J connectivity index is 0.000000225. The summed E-state index contributed by atoms with van der Waals surface area (Å²) in [4.78, 5) is 0. The van der Waals surface area contributed by atoms with Gasteiger partial charge in [0, 0.05) is 5.02 Å². The average molecular weight is 957 g/mol. The Morgan fingerprint density at radius 3 is 0.811 bits per heavy atom. The van der Waals surface area contributed by atoms with Crippen molar-refractivity contribution in [1.29, 1.82) is 0 Å². The Bertz CT molecular complexity index is 1590. The lowest BCUT2D eigenvalue weighted by Gasteiger charge is -2.26. The second kappa shape index (κ2) is 19.5. The molecule has 0 aromatic heterocycles. The molecular formula is C46H56BClI2O3. The Labute approximate surface area is 346 Å². The molecule has 0 aliphatic heterocycles. The maximum atomic E-state index is 9.97. The van der Waals surface area contributed by atoms with Gasteiger partial charge in [0.1, 0.15) is 7.32 Å². The van der Waals surface area contributed by atoms with Crippen LogP contribution in [0.1, 0.15) is 105 Å². The molecule has 0 saturated heterocycles. The number of rotatable bonds is 6. The average Bonchev–Trinajstić information content (AvgIpc) is 3.06. The second-order valence-electron chi connectivity index (χ2n) is 17.1. The van der Waals surface area contributed by atoms with Gasteiger partial charge in [0.25, 0.3) is 0 Å². The highest BCUT2D eigenvalue weighted by Crippen LogP contribution is 2.23. The predicted octanol–water partition coefficient (Wildman–Crippen LogP) is 4.24. The highest BCUT2D eigenvalue weighted by Gasteiger charge is 2.22. The molecule has 5 rings (SSSR count). The van der Waals surface area contributed by atoms with Gasteiger partial charge in [0.15, 0.2) is 14.3 Å². The van der Waals surface area contributed by atoms with Crippen molar-refractivity contribution in [2.24, 2.45) is 0 Å². The van der Waals surface area contributed by atoms with Crippen LogP contribution >= 0.6 is 11.6 Å². The molecule has 0 heterocycles. The molecule has 0 fully saturated rings. The van der Waals surface area contributed by atoms with Crippen LogP contribution in [0.15, 0.2) is 121 Å². The lowest BCUT2D eigenvalue weighted by atomic mass is 9.87. The van der Waals surface area contributed by atoms with Crippen LogP contribution in [0.4, 0.5) is 0 Å². The summed E-state index contributed by atoms with van der Waals surface area (Å²) in [6.45, 7) is 27.2. The van der Waals surface area contributed by atoms with Gasteiger partial charge in [-0.05, 0) is 117 Å². The SMILES string of the molecule is CC(C)(C)c1ccc([I+]c2ccc(C(C)(C)C)cc2)cc1.CC(C)(C)c1ccc([I+]c2ccc(C(C)(C)C)cc2)cc1.[O-]B([O-])Oc1ccc(Cl)cc1. The molecule has 0 atom stereocenters. The van der Waals surface area contributed by atoms with Gasteiger partial charge in [0.2, 0.25) is 0 Å². The van der Waals surface area contributed by atoms with E-state index in [4.69, 9.17) is 11.6 Å². The molecule has 0 saturated carbocycles. The lowest BCUT2D eigenvalue weighted by Crippen LogP contribution is -3.61. The fraction of sp³-hybridized carbons (Fsp3) is 0.348. The van der Waals surface area contributed by atoms with E-state index in [0.29, 0.717) is 5.02 Å². The van der Waals surface area contributed by atoms with Crippen molar-refractivity contribution in [3.8, 4) is 5.75 Å². The van der Waals surface area contributed by atoms with Crippen LogP contribution in [0.25, 0.3) is 0 Å². The third-order valence-corrected chi connectivity index (χ3v) is 13.9. The number of hydrogen-bond acceptors (Lipinski definition) is 3. The third-order valence-electron chi connectivity index (χ3n) is 8.32. The minimum Gasteiger partial charge on any atom is -0.860 e. The molecule has 0 N–H and O–H groups in total. The lowest BCUT2D eigenvalue weighted by molar-refractivity contribution is -0.597. The van der Waals surface area contributed by atoms with Crippen molar-refractivity contribution >= 4 is 18.9 Å². The van der Waals surface area contributed by atoms with E-state index in [-0.39, 0.29) is 69.8 Å². The molecule has 53 heavy (non-hydrogen) atoms. The molecule has 7 heteroatoms. The van der Waals surface area contributed by atoms with Crippen LogP contribution in [-0.4, -0.2) is 7.32 Å². The number of hydrogen-bond donors (Lipinski definition) is 0. The van der Waals surface area contributed by atoms with Crippen molar-refractivity contribution in [1.82, 2.24) is 0 Å². The molecular weight excluding hydrogens is 901 g/mol. The van der Waals surface area contributed by atoms with E-state index in [1.807, 2.05) is 0 Å². The van der Waals surface area contributed by atoms with Gasteiger partial charge in [-0.2, -0.15) is 0 Å². The highest BCUT2D eigenvalue weighted by atomic mass is 127. The molecule has 3 nitrogen and oxygen atoms in total. The molecule has 5 aromatic rings. The first-order chi connectivity index (χ1) is 24.5. The van der Waals surface area contributed by atoms with Gasteiger partial charge in [-0.1, -0.05) is 143 Å². The summed E-state index contributed by atoms with van der Waals surface area (Å²) in [5.41, 5.74) is 6.63. The summed E-state index contributed by atoms with van der Waals surface area (Å²) < 4.78 is 10.3. The minimum atomic E-state index is -2.28. The minimum absolute atomic E-state index is 0.0703. The summed E-state index contributed by atoms with van der Waals surface area (Å²) in [5.74, 6) is 0.240. The van der Waals surface area contributed by atoms with Gasteiger partial charge < -0.3 is 14.7 Å². The van der Waals surface area contributed by atoms with E-state index in [1.54, 1.807) is 12.1 Å². The van der Waals surface area contributed by atoms with Gasteiger partial charge in [0.05, 0.1) is 5.75 Å². The van der Waals surface area contributed by atoms with Crippen LogP contribution in [0.5, 0.6) is 5.75 Å². The van der Waals surface area contributed by atoms with E-state index in [9.17, 15) is 10.0 Å². The molecule has 0 spiro atoms. The molecule has 0 aliphatic carbocycles. The second-order valence-corrected chi connectivity index (χ2v) is 23.6. The van der Waals surface area contributed by atoms with Gasteiger partial charge in [-0.25, -0.2) is 0 Å². The zero-order valence-electron chi connectivity index (χ0n) is 33.5. The van der Waals surface area contributed by atoms with Crippen molar-refractivity contribution in [3.05, 3.63) is 163 Å². The Hall–Kier alpha value is -2.37.